The van der Waals surface area contributed by atoms with Gasteiger partial charge in [-0.25, -0.2) is 13.1 Å². The van der Waals surface area contributed by atoms with Crippen molar-refractivity contribution in [3.8, 4) is 0 Å². The van der Waals surface area contributed by atoms with Gasteiger partial charge >= 0.3 is 4.87 Å². The van der Waals surface area contributed by atoms with Gasteiger partial charge in [-0.05, 0) is 43.2 Å². The number of aryl methyl sites for hydroxylation is 2. The summed E-state index contributed by atoms with van der Waals surface area (Å²) in [5, 5.41) is 0. The van der Waals surface area contributed by atoms with Gasteiger partial charge in [0.15, 0.2) is 0 Å². The minimum atomic E-state index is -3.58. The first-order chi connectivity index (χ1) is 12.9. The van der Waals surface area contributed by atoms with E-state index < -0.39 is 10.0 Å². The first kappa shape index (κ1) is 20.1. The summed E-state index contributed by atoms with van der Waals surface area (Å²) < 4.78 is 30.0. The Labute approximate surface area is 167 Å². The normalized spacial score (nSPS) is 11.9. The Morgan fingerprint density at radius 2 is 1.96 bits per heavy atom. The van der Waals surface area contributed by atoms with E-state index in [-0.39, 0.29) is 9.77 Å². The summed E-state index contributed by atoms with van der Waals surface area (Å²) in [6.45, 7) is 4.91. The quantitative estimate of drug-likeness (QED) is 0.563. The summed E-state index contributed by atoms with van der Waals surface area (Å²) in [5.74, 6) is 1.55. The maximum absolute atomic E-state index is 12.5. The van der Waals surface area contributed by atoms with Crippen molar-refractivity contribution in [3.63, 3.8) is 0 Å². The summed E-state index contributed by atoms with van der Waals surface area (Å²) in [7, 11) is -3.58. The van der Waals surface area contributed by atoms with Gasteiger partial charge in [-0.3, -0.25) is 9.36 Å². The average molecular weight is 423 g/mol. The van der Waals surface area contributed by atoms with Crippen LogP contribution in [-0.2, 0) is 22.3 Å². The van der Waals surface area contributed by atoms with Crippen molar-refractivity contribution in [3.05, 3.63) is 63.3 Å². The molecule has 3 rings (SSSR count). The van der Waals surface area contributed by atoms with Crippen molar-refractivity contribution in [2.45, 2.75) is 31.0 Å². The van der Waals surface area contributed by atoms with E-state index in [1.54, 1.807) is 34.5 Å². The van der Waals surface area contributed by atoms with Crippen LogP contribution in [0.3, 0.4) is 0 Å². The van der Waals surface area contributed by atoms with E-state index in [2.05, 4.69) is 23.8 Å². The first-order valence-corrected chi connectivity index (χ1v) is 12.1. The van der Waals surface area contributed by atoms with E-state index in [1.165, 1.54) is 11.1 Å². The van der Waals surface area contributed by atoms with Gasteiger partial charge in [0.05, 0.1) is 15.1 Å². The Bertz CT molecular complexity index is 1100. The van der Waals surface area contributed by atoms with Gasteiger partial charge in [0.1, 0.15) is 0 Å². The predicted molar refractivity (Wildman–Crippen MR) is 114 cm³/mol. The Kier molecular flexibility index (Phi) is 6.41. The van der Waals surface area contributed by atoms with Crippen LogP contribution in [0.4, 0.5) is 0 Å². The number of thiazole rings is 1. The minimum absolute atomic E-state index is 0.0670. The highest BCUT2D eigenvalue weighted by Gasteiger charge is 2.16. The Morgan fingerprint density at radius 3 is 2.70 bits per heavy atom. The lowest BCUT2D eigenvalue weighted by atomic mass is 10.1. The lowest BCUT2D eigenvalue weighted by Gasteiger charge is -2.08. The van der Waals surface area contributed by atoms with Gasteiger partial charge in [0.2, 0.25) is 10.0 Å². The minimum Gasteiger partial charge on any atom is -0.299 e. The molecule has 5 nitrogen and oxygen atoms in total. The number of nitrogens with one attached hydrogen (secondary N) is 1. The zero-order valence-corrected chi connectivity index (χ0v) is 17.7. The summed E-state index contributed by atoms with van der Waals surface area (Å²) in [4.78, 5) is 12.1. The van der Waals surface area contributed by atoms with E-state index in [0.29, 0.717) is 23.5 Å². The highest BCUT2D eigenvalue weighted by molar-refractivity contribution is 7.98. The van der Waals surface area contributed by atoms with Gasteiger partial charge in [0, 0.05) is 24.6 Å². The third-order valence-corrected chi connectivity index (χ3v) is 7.73. The number of sulfonamides is 1. The number of thioether (sulfide) groups is 1. The molecule has 0 saturated heterocycles. The molecule has 1 heterocycles. The Morgan fingerprint density at radius 1 is 1.19 bits per heavy atom. The summed E-state index contributed by atoms with van der Waals surface area (Å²) in [6, 6.07) is 13.0. The number of benzene rings is 2. The van der Waals surface area contributed by atoms with Crippen LogP contribution in [0.15, 0.2) is 52.2 Å². The predicted octanol–water partition coefficient (Wildman–Crippen LogP) is 3.60. The van der Waals surface area contributed by atoms with Crippen molar-refractivity contribution in [1.82, 2.24) is 9.29 Å². The summed E-state index contributed by atoms with van der Waals surface area (Å²) in [5.41, 5.74) is 3.29. The fourth-order valence-electron chi connectivity index (χ4n) is 2.80. The molecule has 0 saturated carbocycles. The smallest absolute Gasteiger partial charge is 0.299 e. The number of hydrogen-bond donors (Lipinski definition) is 1. The van der Waals surface area contributed by atoms with Crippen LogP contribution in [-0.4, -0.2) is 25.3 Å². The van der Waals surface area contributed by atoms with Crippen molar-refractivity contribution < 1.29 is 8.42 Å². The number of aromatic nitrogens is 1. The molecule has 0 fully saturated rings. The molecule has 3 aromatic rings. The molecular formula is C19H22N2O3S3. The maximum atomic E-state index is 12.5. The Hall–Kier alpha value is -1.61. The molecule has 2 aromatic carbocycles. The molecule has 0 atom stereocenters. The van der Waals surface area contributed by atoms with Crippen LogP contribution in [0.1, 0.15) is 18.1 Å². The second kappa shape index (κ2) is 8.60. The SMILES string of the molecule is CCn1c(=O)sc2cc(S(=O)(=O)NCCSCc3ccccc3C)ccc21. The molecule has 0 aliphatic rings. The van der Waals surface area contributed by atoms with Crippen molar-refractivity contribution in [1.29, 1.82) is 0 Å². The number of rotatable bonds is 8. The van der Waals surface area contributed by atoms with Crippen molar-refractivity contribution in [2.24, 2.45) is 0 Å². The Balaban J connectivity index is 1.60. The molecule has 0 aliphatic heterocycles. The van der Waals surface area contributed by atoms with Gasteiger partial charge in [-0.15, -0.1) is 0 Å². The van der Waals surface area contributed by atoms with Crippen LogP contribution >= 0.6 is 23.1 Å². The second-order valence-electron chi connectivity index (χ2n) is 6.12. The molecule has 27 heavy (non-hydrogen) atoms. The third-order valence-electron chi connectivity index (χ3n) is 4.32. The summed E-state index contributed by atoms with van der Waals surface area (Å²) >= 11 is 2.77. The highest BCUT2D eigenvalue weighted by atomic mass is 32.2. The molecule has 1 N–H and O–H groups in total. The molecule has 0 radical (unpaired) electrons. The van der Waals surface area contributed by atoms with E-state index in [1.807, 2.05) is 19.1 Å². The number of hydrogen-bond acceptors (Lipinski definition) is 5. The second-order valence-corrected chi connectivity index (χ2v) is 9.98. The molecule has 0 bridgehead atoms. The zero-order chi connectivity index (χ0) is 19.4. The van der Waals surface area contributed by atoms with Crippen LogP contribution in [0.2, 0.25) is 0 Å². The number of fused-ring (bicyclic) bond motifs is 1. The summed E-state index contributed by atoms with van der Waals surface area (Å²) in [6.07, 6.45) is 0. The molecular weight excluding hydrogens is 400 g/mol. The topological polar surface area (TPSA) is 68.2 Å². The molecule has 0 spiro atoms. The lowest BCUT2D eigenvalue weighted by molar-refractivity contribution is 0.584. The van der Waals surface area contributed by atoms with Gasteiger partial charge in [0.25, 0.3) is 0 Å². The van der Waals surface area contributed by atoms with Crippen LogP contribution in [0.5, 0.6) is 0 Å². The largest absolute Gasteiger partial charge is 0.308 e. The van der Waals surface area contributed by atoms with Crippen molar-refractivity contribution in [2.75, 3.05) is 12.3 Å². The van der Waals surface area contributed by atoms with E-state index in [9.17, 15) is 13.2 Å². The van der Waals surface area contributed by atoms with E-state index in [0.717, 1.165) is 22.6 Å². The average Bonchev–Trinajstić information content (AvgIpc) is 2.97. The van der Waals surface area contributed by atoms with Gasteiger partial charge in [-0.2, -0.15) is 11.8 Å². The van der Waals surface area contributed by atoms with Crippen molar-refractivity contribution >= 4 is 43.3 Å². The number of nitrogens with zero attached hydrogens (tertiary/aromatic N) is 1. The zero-order valence-electron chi connectivity index (χ0n) is 15.3. The van der Waals surface area contributed by atoms with E-state index in [4.69, 9.17) is 0 Å². The molecule has 0 amide bonds. The fourth-order valence-corrected chi connectivity index (χ4v) is 5.99. The first-order valence-electron chi connectivity index (χ1n) is 8.67. The fraction of sp³-hybridized carbons (Fsp3) is 0.316. The van der Waals surface area contributed by atoms with Gasteiger partial charge in [-0.1, -0.05) is 35.6 Å². The van der Waals surface area contributed by atoms with Crippen LogP contribution < -0.4 is 9.60 Å². The van der Waals surface area contributed by atoms with E-state index >= 15 is 0 Å². The maximum Gasteiger partial charge on any atom is 0.308 e. The van der Waals surface area contributed by atoms with Gasteiger partial charge < -0.3 is 0 Å². The molecule has 1 aromatic heterocycles. The third kappa shape index (κ3) is 4.63. The monoisotopic (exact) mass is 422 g/mol. The molecule has 0 unspecified atom stereocenters. The van der Waals surface area contributed by atoms with Crippen LogP contribution in [0.25, 0.3) is 10.2 Å². The lowest BCUT2D eigenvalue weighted by Crippen LogP contribution is -2.26. The molecule has 0 aliphatic carbocycles. The molecule has 8 heteroatoms. The standard InChI is InChI=1S/C19H22N2O3S3/c1-3-21-17-9-8-16(12-18(17)26-19(21)22)27(23,24)20-10-11-25-13-15-7-5-4-6-14(15)2/h4-9,12,20H,3,10-11,13H2,1-2H3. The molecule has 144 valence electrons. The highest BCUT2D eigenvalue weighted by Crippen LogP contribution is 2.22. The van der Waals surface area contributed by atoms with Crippen LogP contribution in [0, 0.1) is 6.92 Å².